The Kier molecular flexibility index (Phi) is 5.96. The Bertz CT molecular complexity index is 1100. The summed E-state index contributed by atoms with van der Waals surface area (Å²) in [7, 11) is 0. The lowest BCUT2D eigenvalue weighted by Crippen LogP contribution is -2.59. The second-order valence-corrected chi connectivity index (χ2v) is 10.4. The predicted octanol–water partition coefficient (Wildman–Crippen LogP) is 6.64. The van der Waals surface area contributed by atoms with Crippen molar-refractivity contribution >= 4 is 46.8 Å². The van der Waals surface area contributed by atoms with Crippen LogP contribution in [0.25, 0.3) is 0 Å². The molecular formula is C23H22Cl3FN2O4. The minimum absolute atomic E-state index is 0.0715. The zero-order valence-corrected chi connectivity index (χ0v) is 20.7. The van der Waals surface area contributed by atoms with Crippen LogP contribution in [0.3, 0.4) is 0 Å². The minimum atomic E-state index is -1.64. The molecule has 2 aliphatic heterocycles. The predicted molar refractivity (Wildman–Crippen MR) is 125 cm³/mol. The van der Waals surface area contributed by atoms with Crippen molar-refractivity contribution in [2.45, 2.75) is 44.8 Å². The molecule has 0 bridgehead atoms. The number of hydrogen-bond acceptors (Lipinski definition) is 5. The summed E-state index contributed by atoms with van der Waals surface area (Å²) in [6.45, 7) is 6.83. The number of carbonyl (C=O) groups excluding carboxylic acids is 1. The van der Waals surface area contributed by atoms with Crippen LogP contribution in [-0.4, -0.2) is 35.6 Å². The van der Waals surface area contributed by atoms with E-state index in [0.29, 0.717) is 16.7 Å². The van der Waals surface area contributed by atoms with Crippen LogP contribution in [0.15, 0.2) is 41.6 Å². The molecule has 2 heterocycles. The van der Waals surface area contributed by atoms with Crippen LogP contribution in [0, 0.1) is 0 Å². The first-order chi connectivity index (χ1) is 15.3. The third-order valence-corrected chi connectivity index (χ3v) is 6.48. The molecule has 4 rings (SSSR count). The minimum Gasteiger partial charge on any atom is -0.444 e. The van der Waals surface area contributed by atoms with Gasteiger partial charge in [0.15, 0.2) is 5.67 Å². The van der Waals surface area contributed by atoms with Gasteiger partial charge in [0.05, 0.1) is 28.2 Å². The van der Waals surface area contributed by atoms with Gasteiger partial charge in [0, 0.05) is 18.1 Å². The molecule has 176 valence electrons. The number of alkyl halides is 1. The zero-order chi connectivity index (χ0) is 24.2. The van der Waals surface area contributed by atoms with Gasteiger partial charge in [0.1, 0.15) is 5.60 Å². The van der Waals surface area contributed by atoms with E-state index in [-0.39, 0.29) is 34.1 Å². The molecular weight excluding hydrogens is 494 g/mol. The van der Waals surface area contributed by atoms with Crippen molar-refractivity contribution in [2.75, 3.05) is 13.1 Å². The van der Waals surface area contributed by atoms with Gasteiger partial charge in [-0.25, -0.2) is 9.18 Å². The Balaban J connectivity index is 1.43. The molecule has 1 atom stereocenters. The third-order valence-electron chi connectivity index (χ3n) is 5.29. The van der Waals surface area contributed by atoms with E-state index in [1.165, 1.54) is 4.90 Å². The maximum Gasteiger partial charge on any atom is 0.410 e. The summed E-state index contributed by atoms with van der Waals surface area (Å²) in [6.07, 6.45) is -0.528. The van der Waals surface area contributed by atoms with Gasteiger partial charge in [0.2, 0.25) is 0 Å². The van der Waals surface area contributed by atoms with E-state index in [4.69, 9.17) is 49.1 Å². The monoisotopic (exact) mass is 514 g/mol. The first-order valence-electron chi connectivity index (χ1n) is 10.2. The number of oxime groups is 1. The van der Waals surface area contributed by atoms with Crippen molar-refractivity contribution in [1.29, 1.82) is 0 Å². The van der Waals surface area contributed by atoms with Crippen molar-refractivity contribution in [2.24, 2.45) is 5.16 Å². The standard InChI is InChI=1S/C23H22Cl3FN2O4/c1-21(2,3)32-20(30)29-11-23(27,12-29)14-7-5-13(6-8-14)19-28-33-22(4,31-19)15-9-16(24)18(26)17(25)10-15/h5-10H,11-12H2,1-4H3. The first-order valence-corrected chi connectivity index (χ1v) is 11.3. The fraction of sp³-hybridized carbons (Fsp3) is 0.391. The molecule has 2 aromatic rings. The van der Waals surface area contributed by atoms with Crippen LogP contribution in [0.2, 0.25) is 15.1 Å². The number of carbonyl (C=O) groups is 1. The summed E-state index contributed by atoms with van der Waals surface area (Å²) in [4.78, 5) is 19.0. The highest BCUT2D eigenvalue weighted by atomic mass is 35.5. The Hall–Kier alpha value is -2.22. The van der Waals surface area contributed by atoms with E-state index in [1.54, 1.807) is 64.1 Å². The topological polar surface area (TPSA) is 60.4 Å². The second-order valence-electron chi connectivity index (χ2n) is 9.17. The number of nitrogens with zero attached hydrogens (tertiary/aromatic N) is 2. The lowest BCUT2D eigenvalue weighted by molar-refractivity contribution is -0.152. The highest BCUT2D eigenvalue weighted by Crippen LogP contribution is 2.40. The summed E-state index contributed by atoms with van der Waals surface area (Å²) >= 11 is 18.3. The summed E-state index contributed by atoms with van der Waals surface area (Å²) in [5, 5.41) is 4.79. The molecule has 0 N–H and O–H groups in total. The van der Waals surface area contributed by atoms with Gasteiger partial charge in [-0.3, -0.25) is 0 Å². The number of halogens is 4. The van der Waals surface area contributed by atoms with E-state index < -0.39 is 23.2 Å². The molecule has 2 aliphatic rings. The molecule has 0 saturated carbocycles. The van der Waals surface area contributed by atoms with Crippen LogP contribution in [0.1, 0.15) is 44.4 Å². The average Bonchev–Trinajstić information content (AvgIpc) is 3.11. The van der Waals surface area contributed by atoms with E-state index in [2.05, 4.69) is 5.16 Å². The fourth-order valence-electron chi connectivity index (χ4n) is 3.50. The van der Waals surface area contributed by atoms with Gasteiger partial charge in [-0.05, 0) is 55.8 Å². The molecule has 0 radical (unpaired) electrons. The van der Waals surface area contributed by atoms with Gasteiger partial charge in [-0.1, -0.05) is 46.9 Å². The van der Waals surface area contributed by atoms with Gasteiger partial charge >= 0.3 is 11.9 Å². The van der Waals surface area contributed by atoms with Gasteiger partial charge in [-0.2, -0.15) is 0 Å². The molecule has 2 aromatic carbocycles. The van der Waals surface area contributed by atoms with Crippen LogP contribution in [0.4, 0.5) is 9.18 Å². The van der Waals surface area contributed by atoms with E-state index in [1.807, 2.05) is 0 Å². The van der Waals surface area contributed by atoms with Crippen molar-refractivity contribution < 1.29 is 23.5 Å². The van der Waals surface area contributed by atoms with Gasteiger partial charge in [0.25, 0.3) is 5.90 Å². The van der Waals surface area contributed by atoms with Gasteiger partial charge < -0.3 is 19.2 Å². The fourth-order valence-corrected chi connectivity index (χ4v) is 4.10. The molecule has 33 heavy (non-hydrogen) atoms. The van der Waals surface area contributed by atoms with Crippen molar-refractivity contribution in [3.63, 3.8) is 0 Å². The maximum absolute atomic E-state index is 15.3. The summed E-state index contributed by atoms with van der Waals surface area (Å²) in [5.41, 5.74) is -0.689. The first kappa shape index (κ1) is 23.9. The number of benzene rings is 2. The molecule has 1 amide bonds. The molecule has 0 spiro atoms. The third kappa shape index (κ3) is 4.72. The number of likely N-dealkylation sites (tertiary alicyclic amines) is 1. The van der Waals surface area contributed by atoms with E-state index >= 15 is 4.39 Å². The maximum atomic E-state index is 15.3. The Morgan fingerprint density at radius 1 is 1.09 bits per heavy atom. The van der Waals surface area contributed by atoms with Crippen LogP contribution >= 0.6 is 34.8 Å². The van der Waals surface area contributed by atoms with Crippen molar-refractivity contribution in [3.05, 3.63) is 68.2 Å². The number of rotatable bonds is 3. The summed E-state index contributed by atoms with van der Waals surface area (Å²) < 4.78 is 26.5. The van der Waals surface area contributed by atoms with E-state index in [9.17, 15) is 4.79 Å². The number of hydrogen-bond donors (Lipinski definition) is 0. The molecule has 1 unspecified atom stereocenters. The van der Waals surface area contributed by atoms with Gasteiger partial charge in [-0.15, -0.1) is 0 Å². The SMILES string of the molecule is CC(C)(C)OC(=O)N1CC(F)(c2ccc(C3=NOC(C)(c4cc(Cl)c(Cl)c(Cl)c4)O3)cc2)C1. The Labute approximate surface area is 206 Å². The Morgan fingerprint density at radius 3 is 2.21 bits per heavy atom. The van der Waals surface area contributed by atoms with Crippen molar-refractivity contribution in [1.82, 2.24) is 4.90 Å². The highest BCUT2D eigenvalue weighted by molar-refractivity contribution is 6.48. The molecule has 0 aromatic heterocycles. The van der Waals surface area contributed by atoms with Crippen LogP contribution in [-0.2, 0) is 25.8 Å². The quantitative estimate of drug-likeness (QED) is 0.430. The van der Waals surface area contributed by atoms with E-state index in [0.717, 1.165) is 0 Å². The lowest BCUT2D eigenvalue weighted by Gasteiger charge is -2.44. The van der Waals surface area contributed by atoms with Crippen LogP contribution < -0.4 is 0 Å². The number of amides is 1. The molecule has 1 fully saturated rings. The van der Waals surface area contributed by atoms with Crippen molar-refractivity contribution in [3.8, 4) is 0 Å². The largest absolute Gasteiger partial charge is 0.444 e. The number of ether oxygens (including phenoxy) is 2. The molecule has 0 aliphatic carbocycles. The molecule has 1 saturated heterocycles. The zero-order valence-electron chi connectivity index (χ0n) is 18.4. The summed E-state index contributed by atoms with van der Waals surface area (Å²) in [5.74, 6) is -1.03. The lowest BCUT2D eigenvalue weighted by atomic mass is 9.88. The summed E-state index contributed by atoms with van der Waals surface area (Å²) in [6, 6.07) is 9.83. The Morgan fingerprint density at radius 2 is 1.67 bits per heavy atom. The molecule has 10 heteroatoms. The smallest absolute Gasteiger partial charge is 0.410 e. The molecule has 6 nitrogen and oxygen atoms in total. The van der Waals surface area contributed by atoms with Crippen LogP contribution in [0.5, 0.6) is 0 Å². The average molecular weight is 516 g/mol. The highest BCUT2D eigenvalue weighted by Gasteiger charge is 2.48. The second kappa shape index (κ2) is 8.22. The normalized spacial score (nSPS) is 21.6.